The molecular weight excluding hydrogens is 252 g/mol. The maximum absolute atomic E-state index is 5.98. The van der Waals surface area contributed by atoms with Crippen molar-refractivity contribution in [2.75, 3.05) is 19.6 Å². The molecule has 1 aliphatic carbocycles. The van der Waals surface area contributed by atoms with Gasteiger partial charge in [-0.2, -0.15) is 0 Å². The van der Waals surface area contributed by atoms with Gasteiger partial charge in [-0.15, -0.1) is 0 Å². The molecule has 0 aliphatic heterocycles. The highest BCUT2D eigenvalue weighted by atomic mass is 32.2. The maximum Gasteiger partial charge on any atom is 0.0233 e. The van der Waals surface area contributed by atoms with Crippen molar-refractivity contribution < 1.29 is 0 Å². The van der Waals surface area contributed by atoms with Crippen molar-refractivity contribution in [3.05, 3.63) is 29.8 Å². The van der Waals surface area contributed by atoms with E-state index in [0.29, 0.717) is 12.1 Å². The molecule has 0 saturated heterocycles. The van der Waals surface area contributed by atoms with Gasteiger partial charge in [0.25, 0.3) is 0 Å². The van der Waals surface area contributed by atoms with Gasteiger partial charge in [0.05, 0.1) is 0 Å². The summed E-state index contributed by atoms with van der Waals surface area (Å²) in [6, 6.07) is 10.3. The Morgan fingerprint density at radius 1 is 1.11 bits per heavy atom. The van der Waals surface area contributed by atoms with Gasteiger partial charge in [-0.05, 0) is 55.7 Å². The molecule has 0 heterocycles. The van der Waals surface area contributed by atoms with Crippen LogP contribution in [-0.4, -0.2) is 36.5 Å². The maximum atomic E-state index is 5.98. The van der Waals surface area contributed by atoms with Crippen molar-refractivity contribution in [1.82, 2.24) is 4.90 Å². The molecule has 1 aromatic rings. The van der Waals surface area contributed by atoms with Crippen molar-refractivity contribution in [2.24, 2.45) is 5.73 Å². The molecule has 1 aliphatic rings. The molecule has 0 unspecified atom stereocenters. The second-order valence-corrected chi connectivity index (χ2v) is 8.35. The summed E-state index contributed by atoms with van der Waals surface area (Å²) >= 11 is 0. The SMILES string of the molecule is CN(Cc1ccc([SH](C)C)cc1)C1CCC(N)CC1. The number of nitrogens with zero attached hydrogens (tertiary/aromatic N) is 1. The summed E-state index contributed by atoms with van der Waals surface area (Å²) in [6.07, 6.45) is 9.49. The van der Waals surface area contributed by atoms with Gasteiger partial charge >= 0.3 is 0 Å². The first-order valence-corrected chi connectivity index (χ1v) is 9.52. The van der Waals surface area contributed by atoms with Crippen LogP contribution in [0.3, 0.4) is 0 Å². The van der Waals surface area contributed by atoms with E-state index in [1.807, 2.05) is 0 Å². The molecule has 1 fully saturated rings. The van der Waals surface area contributed by atoms with Crippen molar-refractivity contribution in [2.45, 2.75) is 49.2 Å². The van der Waals surface area contributed by atoms with Gasteiger partial charge in [0.2, 0.25) is 0 Å². The molecular formula is C16H28N2S. The van der Waals surface area contributed by atoms with E-state index in [-0.39, 0.29) is 10.9 Å². The highest BCUT2D eigenvalue weighted by Gasteiger charge is 2.21. The van der Waals surface area contributed by atoms with Crippen LogP contribution in [0.2, 0.25) is 0 Å². The number of hydrogen-bond acceptors (Lipinski definition) is 2. The number of rotatable bonds is 4. The topological polar surface area (TPSA) is 29.3 Å². The fourth-order valence-electron chi connectivity index (χ4n) is 2.86. The second kappa shape index (κ2) is 6.78. The van der Waals surface area contributed by atoms with Crippen molar-refractivity contribution >= 4 is 10.9 Å². The molecule has 0 radical (unpaired) electrons. The first-order valence-electron chi connectivity index (χ1n) is 7.28. The minimum absolute atomic E-state index is 0.0270. The highest BCUT2D eigenvalue weighted by molar-refractivity contribution is 8.15. The molecule has 2 N–H and O–H groups in total. The van der Waals surface area contributed by atoms with E-state index < -0.39 is 0 Å². The van der Waals surface area contributed by atoms with E-state index in [9.17, 15) is 0 Å². The lowest BCUT2D eigenvalue weighted by molar-refractivity contribution is 0.176. The minimum Gasteiger partial charge on any atom is -0.328 e. The highest BCUT2D eigenvalue weighted by Crippen LogP contribution is 2.28. The number of thiol groups is 1. The molecule has 0 aromatic heterocycles. The summed E-state index contributed by atoms with van der Waals surface area (Å²) in [5.41, 5.74) is 7.41. The molecule has 19 heavy (non-hydrogen) atoms. The van der Waals surface area contributed by atoms with E-state index in [1.165, 1.54) is 36.1 Å². The third-order valence-electron chi connectivity index (χ3n) is 4.25. The summed E-state index contributed by atoms with van der Waals surface area (Å²) < 4.78 is 0. The van der Waals surface area contributed by atoms with Gasteiger partial charge in [-0.25, -0.2) is 10.9 Å². The second-order valence-electron chi connectivity index (χ2n) is 6.04. The van der Waals surface area contributed by atoms with Gasteiger partial charge in [0.15, 0.2) is 0 Å². The molecule has 1 saturated carbocycles. The molecule has 3 heteroatoms. The number of nitrogens with two attached hydrogens (primary N) is 1. The van der Waals surface area contributed by atoms with Crippen molar-refractivity contribution in [3.63, 3.8) is 0 Å². The van der Waals surface area contributed by atoms with Crippen LogP contribution < -0.4 is 5.73 Å². The van der Waals surface area contributed by atoms with E-state index in [4.69, 9.17) is 5.73 Å². The Balaban J connectivity index is 1.89. The predicted molar refractivity (Wildman–Crippen MR) is 87.2 cm³/mol. The minimum atomic E-state index is 0.0270. The molecule has 1 aromatic carbocycles. The van der Waals surface area contributed by atoms with Gasteiger partial charge in [-0.3, -0.25) is 4.90 Å². The average Bonchev–Trinajstić information content (AvgIpc) is 2.40. The normalized spacial score (nSPS) is 24.6. The quantitative estimate of drug-likeness (QED) is 0.830. The Hall–Kier alpha value is -0.510. The summed E-state index contributed by atoms with van der Waals surface area (Å²) in [7, 11) is 2.28. The third kappa shape index (κ3) is 4.23. The lowest BCUT2D eigenvalue weighted by atomic mass is 9.91. The summed E-state index contributed by atoms with van der Waals surface area (Å²) in [5, 5.41) is 0. The average molecular weight is 280 g/mol. The van der Waals surface area contributed by atoms with Crippen LogP contribution in [-0.2, 0) is 6.54 Å². The Labute approximate surface area is 120 Å². The Morgan fingerprint density at radius 2 is 1.68 bits per heavy atom. The van der Waals surface area contributed by atoms with Crippen molar-refractivity contribution in [3.8, 4) is 0 Å². The third-order valence-corrected chi connectivity index (χ3v) is 5.58. The van der Waals surface area contributed by atoms with Crippen LogP contribution in [0.15, 0.2) is 29.2 Å². The zero-order valence-corrected chi connectivity index (χ0v) is 13.4. The van der Waals surface area contributed by atoms with Gasteiger partial charge in [-0.1, -0.05) is 24.3 Å². The van der Waals surface area contributed by atoms with E-state index in [2.05, 4.69) is 48.7 Å². The largest absolute Gasteiger partial charge is 0.328 e. The first-order chi connectivity index (χ1) is 9.06. The fraction of sp³-hybridized carbons (Fsp3) is 0.625. The van der Waals surface area contributed by atoms with Crippen LogP contribution >= 0.6 is 10.9 Å². The summed E-state index contributed by atoms with van der Waals surface area (Å²) in [5.74, 6) is 0. The van der Waals surface area contributed by atoms with Gasteiger partial charge < -0.3 is 5.73 Å². The van der Waals surface area contributed by atoms with Crippen LogP contribution in [0, 0.1) is 0 Å². The summed E-state index contributed by atoms with van der Waals surface area (Å²) in [6.45, 7) is 1.06. The van der Waals surface area contributed by atoms with Gasteiger partial charge in [0.1, 0.15) is 0 Å². The zero-order chi connectivity index (χ0) is 13.8. The van der Waals surface area contributed by atoms with Gasteiger partial charge in [0, 0.05) is 18.6 Å². The Morgan fingerprint density at radius 3 is 2.21 bits per heavy atom. The van der Waals surface area contributed by atoms with E-state index >= 15 is 0 Å². The predicted octanol–water partition coefficient (Wildman–Crippen LogP) is 3.01. The monoisotopic (exact) mass is 280 g/mol. The molecule has 0 amide bonds. The zero-order valence-electron chi connectivity index (χ0n) is 12.5. The van der Waals surface area contributed by atoms with Crippen LogP contribution in [0.25, 0.3) is 0 Å². The Bertz CT molecular complexity index is 380. The molecule has 2 rings (SSSR count). The lowest BCUT2D eigenvalue weighted by Gasteiger charge is -2.33. The number of hydrogen-bond donors (Lipinski definition) is 2. The standard InChI is InChI=1S/C16H28N2S/c1-18(15-8-6-14(17)7-9-15)12-13-4-10-16(11-5-13)19(2)3/h4-5,10-11,14-15,19H,6-9,12,17H2,1-3H3. The lowest BCUT2D eigenvalue weighted by Crippen LogP contribution is -2.38. The van der Waals surface area contributed by atoms with E-state index in [0.717, 1.165) is 6.54 Å². The van der Waals surface area contributed by atoms with Crippen LogP contribution in [0.1, 0.15) is 31.2 Å². The smallest absolute Gasteiger partial charge is 0.0233 e. The Kier molecular flexibility index (Phi) is 5.31. The summed E-state index contributed by atoms with van der Waals surface area (Å²) in [4.78, 5) is 3.99. The van der Waals surface area contributed by atoms with E-state index in [1.54, 1.807) is 0 Å². The van der Waals surface area contributed by atoms with Crippen molar-refractivity contribution in [1.29, 1.82) is 0 Å². The molecule has 2 nitrogen and oxygen atoms in total. The fourth-order valence-corrected chi connectivity index (χ4v) is 3.60. The number of benzene rings is 1. The first kappa shape index (κ1) is 14.9. The molecule has 0 bridgehead atoms. The van der Waals surface area contributed by atoms with Crippen LogP contribution in [0.4, 0.5) is 0 Å². The molecule has 0 spiro atoms. The molecule has 0 atom stereocenters. The molecule has 108 valence electrons. The van der Waals surface area contributed by atoms with Crippen LogP contribution in [0.5, 0.6) is 0 Å².